The lowest BCUT2D eigenvalue weighted by molar-refractivity contribution is -0.126. The van der Waals surface area contributed by atoms with E-state index in [4.69, 9.17) is 5.26 Å². The summed E-state index contributed by atoms with van der Waals surface area (Å²) in [6.07, 6.45) is 7.73. The van der Waals surface area contributed by atoms with E-state index < -0.39 is 27.9 Å². The van der Waals surface area contributed by atoms with Gasteiger partial charge in [-0.3, -0.25) is 9.59 Å². The van der Waals surface area contributed by atoms with Crippen LogP contribution >= 0.6 is 0 Å². The summed E-state index contributed by atoms with van der Waals surface area (Å²) in [5.74, 6) is -1.44. The molecule has 1 saturated carbocycles. The number of aromatic amines is 1. The summed E-state index contributed by atoms with van der Waals surface area (Å²) in [6.45, 7) is 1.25. The molecule has 10 nitrogen and oxygen atoms in total. The molecule has 3 atom stereocenters. The van der Waals surface area contributed by atoms with E-state index in [9.17, 15) is 18.0 Å². The molecule has 2 fully saturated rings. The first-order valence-corrected chi connectivity index (χ1v) is 13.9. The van der Waals surface area contributed by atoms with Crippen molar-refractivity contribution in [2.45, 2.75) is 55.9 Å². The first-order chi connectivity index (χ1) is 17.4. The lowest BCUT2D eigenvalue weighted by atomic mass is 10.0. The van der Waals surface area contributed by atoms with Crippen molar-refractivity contribution < 1.29 is 18.0 Å². The number of imidazole rings is 1. The smallest absolute Gasteiger partial charge is 0.243 e. The lowest BCUT2D eigenvalue weighted by Crippen LogP contribution is -2.47. The molecule has 2 heterocycles. The van der Waals surface area contributed by atoms with Crippen LogP contribution in [-0.4, -0.2) is 60.2 Å². The molecule has 1 aliphatic carbocycles. The third-order valence-corrected chi connectivity index (χ3v) is 8.99. The van der Waals surface area contributed by atoms with Crippen LogP contribution in [0.2, 0.25) is 0 Å². The maximum atomic E-state index is 13.8. The number of benzene rings is 1. The second kappa shape index (κ2) is 11.7. The maximum absolute atomic E-state index is 13.8. The molecule has 0 bridgehead atoms. The van der Waals surface area contributed by atoms with Gasteiger partial charge in [-0.15, -0.1) is 0 Å². The molecule has 0 unspecified atom stereocenters. The van der Waals surface area contributed by atoms with Crippen LogP contribution in [0.3, 0.4) is 0 Å². The summed E-state index contributed by atoms with van der Waals surface area (Å²) in [6, 6.07) is 7.21. The zero-order valence-electron chi connectivity index (χ0n) is 20.2. The van der Waals surface area contributed by atoms with Crippen molar-refractivity contribution >= 4 is 21.8 Å². The van der Waals surface area contributed by atoms with Gasteiger partial charge in [-0.05, 0) is 49.9 Å². The lowest BCUT2D eigenvalue weighted by Gasteiger charge is -2.31. The van der Waals surface area contributed by atoms with Gasteiger partial charge in [0.25, 0.3) is 0 Å². The number of hydrogen-bond acceptors (Lipinski definition) is 6. The Morgan fingerprint density at radius 3 is 2.67 bits per heavy atom. The minimum Gasteiger partial charge on any atom is -0.356 e. The molecule has 192 valence electrons. The Kier molecular flexibility index (Phi) is 8.38. The number of rotatable bonds is 6. The number of nitrogens with one attached hydrogen (secondary N) is 3. The Labute approximate surface area is 211 Å². The summed E-state index contributed by atoms with van der Waals surface area (Å²) < 4.78 is 29.0. The molecule has 1 aliphatic heterocycles. The predicted octanol–water partition coefficient (Wildman–Crippen LogP) is 1.72. The number of sulfonamides is 1. The Morgan fingerprint density at radius 1 is 1.17 bits per heavy atom. The average molecular weight is 513 g/mol. The highest BCUT2D eigenvalue weighted by molar-refractivity contribution is 7.89. The monoisotopic (exact) mass is 512 g/mol. The fourth-order valence-electron chi connectivity index (χ4n) is 5.11. The van der Waals surface area contributed by atoms with Crippen molar-refractivity contribution in [1.82, 2.24) is 24.9 Å². The molecule has 2 aliphatic rings. The van der Waals surface area contributed by atoms with Crippen LogP contribution in [0, 0.1) is 23.2 Å². The second-order valence-electron chi connectivity index (χ2n) is 9.42. The Morgan fingerprint density at radius 2 is 1.94 bits per heavy atom. The van der Waals surface area contributed by atoms with Crippen LogP contribution in [0.4, 0.5) is 0 Å². The van der Waals surface area contributed by atoms with E-state index >= 15 is 0 Å². The van der Waals surface area contributed by atoms with E-state index in [1.165, 1.54) is 28.6 Å². The molecule has 4 rings (SSSR count). The molecule has 11 heteroatoms. The highest BCUT2D eigenvalue weighted by Crippen LogP contribution is 2.38. The molecule has 1 aromatic carbocycles. The molecule has 0 spiro atoms. The summed E-state index contributed by atoms with van der Waals surface area (Å²) >= 11 is 0. The summed E-state index contributed by atoms with van der Waals surface area (Å²) in [4.78, 5) is 33.2. The number of fused-ring (bicyclic) bond motifs is 1. The van der Waals surface area contributed by atoms with E-state index in [-0.39, 0.29) is 29.7 Å². The summed E-state index contributed by atoms with van der Waals surface area (Å²) in [5, 5.41) is 15.0. The topological polar surface area (TPSA) is 148 Å². The number of carbonyl (C=O) groups excluding carboxylic acids is 2. The van der Waals surface area contributed by atoms with Gasteiger partial charge in [-0.25, -0.2) is 13.4 Å². The van der Waals surface area contributed by atoms with Crippen LogP contribution in [0.1, 0.15) is 49.8 Å². The molecule has 2 aromatic rings. The highest BCUT2D eigenvalue weighted by Gasteiger charge is 2.47. The normalized spacial score (nSPS) is 23.6. The van der Waals surface area contributed by atoms with Gasteiger partial charge in [0, 0.05) is 49.9 Å². The third kappa shape index (κ3) is 5.94. The number of carbonyl (C=O) groups is 2. The number of nitriles is 1. The minimum atomic E-state index is -3.94. The minimum absolute atomic E-state index is 0.0861. The van der Waals surface area contributed by atoms with Gasteiger partial charge >= 0.3 is 0 Å². The van der Waals surface area contributed by atoms with Crippen LogP contribution in [0.5, 0.6) is 0 Å². The fraction of sp³-hybridized carbons (Fsp3) is 0.520. The van der Waals surface area contributed by atoms with Gasteiger partial charge in [0.2, 0.25) is 21.8 Å². The van der Waals surface area contributed by atoms with Crippen molar-refractivity contribution in [2.24, 2.45) is 11.8 Å². The SMILES string of the molecule is N#Cc1ccc(S(=O)(=O)N2CCCCCCNC(=O)[C@@H]3C[C@@H](C(=O)NCCc4cnc[nH]4)C[C@@H]32)cc1. The zero-order valence-corrected chi connectivity index (χ0v) is 21.0. The quantitative estimate of drug-likeness (QED) is 0.537. The number of amides is 2. The Hall–Kier alpha value is -3.23. The molecule has 0 radical (unpaired) electrons. The Balaban J connectivity index is 1.56. The van der Waals surface area contributed by atoms with Crippen LogP contribution < -0.4 is 10.6 Å². The molecule has 3 N–H and O–H groups in total. The van der Waals surface area contributed by atoms with Crippen LogP contribution in [0.15, 0.2) is 41.7 Å². The average Bonchev–Trinajstić information content (AvgIpc) is 3.55. The maximum Gasteiger partial charge on any atom is 0.243 e. The first kappa shape index (κ1) is 25.9. The predicted molar refractivity (Wildman–Crippen MR) is 132 cm³/mol. The first-order valence-electron chi connectivity index (χ1n) is 12.4. The highest BCUT2D eigenvalue weighted by atomic mass is 32.2. The summed E-state index contributed by atoms with van der Waals surface area (Å²) in [7, 11) is -3.94. The number of hydrogen-bond donors (Lipinski definition) is 3. The molecular weight excluding hydrogens is 480 g/mol. The largest absolute Gasteiger partial charge is 0.356 e. The molecule has 36 heavy (non-hydrogen) atoms. The van der Waals surface area contributed by atoms with E-state index in [1.807, 2.05) is 6.07 Å². The van der Waals surface area contributed by atoms with Gasteiger partial charge in [-0.2, -0.15) is 9.57 Å². The van der Waals surface area contributed by atoms with Gasteiger partial charge in [0.05, 0.1) is 28.8 Å². The van der Waals surface area contributed by atoms with Crippen LogP contribution in [0.25, 0.3) is 0 Å². The van der Waals surface area contributed by atoms with Gasteiger partial charge in [0.15, 0.2) is 0 Å². The van der Waals surface area contributed by atoms with Crippen molar-refractivity contribution in [3.05, 3.63) is 48.0 Å². The second-order valence-corrected chi connectivity index (χ2v) is 11.3. The van der Waals surface area contributed by atoms with Gasteiger partial charge < -0.3 is 15.6 Å². The molecule has 2 amide bonds. The van der Waals surface area contributed by atoms with Gasteiger partial charge in [-0.1, -0.05) is 12.8 Å². The van der Waals surface area contributed by atoms with E-state index in [2.05, 4.69) is 20.6 Å². The molecular formula is C25H32N6O4S. The fourth-order valence-corrected chi connectivity index (χ4v) is 6.82. The number of H-pyrrole nitrogens is 1. The van der Waals surface area contributed by atoms with Crippen molar-refractivity contribution in [2.75, 3.05) is 19.6 Å². The van der Waals surface area contributed by atoms with Crippen LogP contribution in [-0.2, 0) is 26.0 Å². The standard InChI is InChI=1S/C25H32N6O4S/c26-15-18-5-7-21(8-6-18)36(34,35)31-12-4-2-1-3-10-28-25(33)22-13-19(14-23(22)31)24(32)29-11-9-20-16-27-17-30-20/h5-8,16-17,19,22-23H,1-4,9-14H2,(H,27,30)(H,28,33)(H,29,32)/t19-,22-,23+/m1/s1. The Bertz CT molecular complexity index is 1190. The number of nitrogens with zero attached hydrogens (tertiary/aromatic N) is 3. The molecule has 1 saturated heterocycles. The van der Waals surface area contributed by atoms with E-state index in [0.29, 0.717) is 37.9 Å². The number of aromatic nitrogens is 2. The van der Waals surface area contributed by atoms with Crippen molar-refractivity contribution in [3.63, 3.8) is 0 Å². The zero-order chi connectivity index (χ0) is 25.5. The van der Waals surface area contributed by atoms with E-state index in [1.54, 1.807) is 12.5 Å². The van der Waals surface area contributed by atoms with Crippen molar-refractivity contribution in [1.29, 1.82) is 5.26 Å². The summed E-state index contributed by atoms with van der Waals surface area (Å²) in [5.41, 5.74) is 1.28. The molecule has 1 aromatic heterocycles. The van der Waals surface area contributed by atoms with Gasteiger partial charge in [0.1, 0.15) is 0 Å². The third-order valence-electron chi connectivity index (χ3n) is 7.05. The van der Waals surface area contributed by atoms with Crippen molar-refractivity contribution in [3.8, 4) is 6.07 Å². The van der Waals surface area contributed by atoms with E-state index in [0.717, 1.165) is 25.0 Å².